The van der Waals surface area contributed by atoms with E-state index in [-0.39, 0.29) is 0 Å². The Labute approximate surface area is 111 Å². The minimum Gasteiger partial charge on any atom is -0.356 e. The van der Waals surface area contributed by atoms with Crippen LogP contribution in [0, 0.1) is 12.8 Å². The highest BCUT2D eigenvalue weighted by Crippen LogP contribution is 2.24. The number of anilines is 1. The van der Waals surface area contributed by atoms with E-state index in [2.05, 4.69) is 49.0 Å². The molecule has 1 atom stereocenters. The van der Waals surface area contributed by atoms with Crippen LogP contribution >= 0.6 is 0 Å². The summed E-state index contributed by atoms with van der Waals surface area (Å²) in [6.45, 7) is 12.0. The van der Waals surface area contributed by atoms with Crippen LogP contribution in [0.3, 0.4) is 0 Å². The summed E-state index contributed by atoms with van der Waals surface area (Å²) in [5.74, 6) is 1.97. The van der Waals surface area contributed by atoms with Crippen molar-refractivity contribution in [2.45, 2.75) is 46.7 Å². The monoisotopic (exact) mass is 247 g/mol. The Kier molecular flexibility index (Phi) is 4.23. The summed E-state index contributed by atoms with van der Waals surface area (Å²) in [6.07, 6.45) is 3.30. The van der Waals surface area contributed by atoms with Crippen LogP contribution in [-0.4, -0.2) is 24.1 Å². The first kappa shape index (κ1) is 13.3. The Balaban J connectivity index is 2.05. The van der Waals surface area contributed by atoms with Crippen LogP contribution in [0.2, 0.25) is 0 Å². The van der Waals surface area contributed by atoms with Gasteiger partial charge in [-0.1, -0.05) is 20.8 Å². The van der Waals surface area contributed by atoms with Gasteiger partial charge in [-0.2, -0.15) is 0 Å². The van der Waals surface area contributed by atoms with Gasteiger partial charge in [0.2, 0.25) is 0 Å². The van der Waals surface area contributed by atoms with Crippen molar-refractivity contribution in [3.8, 4) is 0 Å². The maximum Gasteiger partial charge on any atom is 0.131 e. The molecule has 0 aliphatic carbocycles. The molecule has 0 radical (unpaired) electrons. The quantitative estimate of drug-likeness (QED) is 0.886. The van der Waals surface area contributed by atoms with Crippen LogP contribution in [0.15, 0.2) is 12.3 Å². The van der Waals surface area contributed by atoms with E-state index in [4.69, 9.17) is 0 Å². The van der Waals surface area contributed by atoms with E-state index in [1.54, 1.807) is 0 Å². The zero-order valence-corrected chi connectivity index (χ0v) is 12.0. The number of hydrogen-bond donors (Lipinski definition) is 1. The number of rotatable bonds is 4. The van der Waals surface area contributed by atoms with Crippen molar-refractivity contribution in [1.82, 2.24) is 10.3 Å². The summed E-state index contributed by atoms with van der Waals surface area (Å²) in [7, 11) is 0. The highest BCUT2D eigenvalue weighted by Gasteiger charge is 2.21. The van der Waals surface area contributed by atoms with Gasteiger partial charge in [-0.05, 0) is 36.5 Å². The average Bonchev–Trinajstić information content (AvgIpc) is 2.73. The highest BCUT2D eigenvalue weighted by atomic mass is 15.2. The average molecular weight is 247 g/mol. The Morgan fingerprint density at radius 2 is 2.28 bits per heavy atom. The second-order valence-corrected chi connectivity index (χ2v) is 5.86. The van der Waals surface area contributed by atoms with Crippen LogP contribution in [0.5, 0.6) is 0 Å². The number of hydrogen-bond acceptors (Lipinski definition) is 3. The van der Waals surface area contributed by atoms with Crippen molar-refractivity contribution in [2.24, 2.45) is 5.92 Å². The van der Waals surface area contributed by atoms with Crippen molar-refractivity contribution < 1.29 is 0 Å². The molecule has 0 amide bonds. The van der Waals surface area contributed by atoms with Crippen molar-refractivity contribution in [3.63, 3.8) is 0 Å². The molecule has 1 aliphatic heterocycles. The van der Waals surface area contributed by atoms with Crippen molar-refractivity contribution in [2.75, 3.05) is 18.0 Å². The highest BCUT2D eigenvalue weighted by molar-refractivity contribution is 5.48. The third-order valence-electron chi connectivity index (χ3n) is 3.55. The van der Waals surface area contributed by atoms with Crippen LogP contribution in [0.25, 0.3) is 0 Å². The summed E-state index contributed by atoms with van der Waals surface area (Å²) < 4.78 is 0. The number of pyridine rings is 1. The Morgan fingerprint density at radius 1 is 1.50 bits per heavy atom. The van der Waals surface area contributed by atoms with Gasteiger partial charge in [-0.25, -0.2) is 4.98 Å². The molecule has 100 valence electrons. The maximum absolute atomic E-state index is 4.66. The fourth-order valence-corrected chi connectivity index (χ4v) is 2.50. The second kappa shape index (κ2) is 5.70. The summed E-state index contributed by atoms with van der Waals surface area (Å²) in [4.78, 5) is 7.07. The van der Waals surface area contributed by atoms with Gasteiger partial charge in [0.05, 0.1) is 0 Å². The van der Waals surface area contributed by atoms with Gasteiger partial charge >= 0.3 is 0 Å². The van der Waals surface area contributed by atoms with Gasteiger partial charge in [0.25, 0.3) is 0 Å². The molecule has 1 aromatic heterocycles. The van der Waals surface area contributed by atoms with Gasteiger partial charge in [-0.3, -0.25) is 0 Å². The van der Waals surface area contributed by atoms with Crippen LogP contribution in [0.4, 0.5) is 5.82 Å². The van der Waals surface area contributed by atoms with Crippen molar-refractivity contribution in [3.05, 3.63) is 23.4 Å². The molecule has 1 fully saturated rings. The second-order valence-electron chi connectivity index (χ2n) is 5.86. The molecule has 2 heterocycles. The lowest BCUT2D eigenvalue weighted by molar-refractivity contribution is 0.587. The molecular weight excluding hydrogens is 222 g/mol. The Bertz CT molecular complexity index is 401. The standard InChI is InChI=1S/C15H25N3/c1-11(2)16-8-14-7-13(4)15(17-9-14)18-6-5-12(3)10-18/h7,9,11-12,16H,5-6,8,10H2,1-4H3. The van der Waals surface area contributed by atoms with Gasteiger partial charge in [0.15, 0.2) is 0 Å². The summed E-state index contributed by atoms with van der Waals surface area (Å²) >= 11 is 0. The molecule has 1 unspecified atom stereocenters. The molecule has 0 spiro atoms. The zero-order valence-electron chi connectivity index (χ0n) is 12.0. The van der Waals surface area contributed by atoms with E-state index in [1.807, 2.05) is 6.20 Å². The lowest BCUT2D eigenvalue weighted by Gasteiger charge is -2.20. The molecule has 1 saturated heterocycles. The molecule has 3 nitrogen and oxygen atoms in total. The van der Waals surface area contributed by atoms with Crippen LogP contribution in [-0.2, 0) is 6.54 Å². The number of nitrogens with one attached hydrogen (secondary N) is 1. The van der Waals surface area contributed by atoms with Crippen molar-refractivity contribution >= 4 is 5.82 Å². The summed E-state index contributed by atoms with van der Waals surface area (Å²) in [5.41, 5.74) is 2.57. The predicted molar refractivity (Wildman–Crippen MR) is 76.9 cm³/mol. The van der Waals surface area contributed by atoms with Gasteiger partial charge in [0.1, 0.15) is 5.82 Å². The van der Waals surface area contributed by atoms with Crippen molar-refractivity contribution in [1.29, 1.82) is 0 Å². The first-order chi connectivity index (χ1) is 8.56. The molecule has 18 heavy (non-hydrogen) atoms. The predicted octanol–water partition coefficient (Wildman–Crippen LogP) is 2.73. The molecule has 1 aliphatic rings. The molecular formula is C15H25N3. The Hall–Kier alpha value is -1.09. The molecule has 0 aromatic carbocycles. The zero-order chi connectivity index (χ0) is 13.1. The summed E-state index contributed by atoms with van der Waals surface area (Å²) in [5, 5.41) is 3.43. The normalized spacial score (nSPS) is 19.8. The first-order valence-electron chi connectivity index (χ1n) is 7.00. The molecule has 0 saturated carbocycles. The smallest absolute Gasteiger partial charge is 0.131 e. The minimum atomic E-state index is 0.518. The minimum absolute atomic E-state index is 0.518. The lowest BCUT2D eigenvalue weighted by atomic mass is 10.1. The molecule has 3 heteroatoms. The van der Waals surface area contributed by atoms with E-state index in [9.17, 15) is 0 Å². The molecule has 2 rings (SSSR count). The van der Waals surface area contributed by atoms with Gasteiger partial charge in [0, 0.05) is 31.9 Å². The molecule has 1 N–H and O–H groups in total. The Morgan fingerprint density at radius 3 is 2.83 bits per heavy atom. The molecule has 1 aromatic rings. The SMILES string of the molecule is Cc1cc(CNC(C)C)cnc1N1CCC(C)C1. The van der Waals surface area contributed by atoms with E-state index in [0.29, 0.717) is 6.04 Å². The maximum atomic E-state index is 4.66. The van der Waals surface area contributed by atoms with Gasteiger partial charge in [-0.15, -0.1) is 0 Å². The number of aromatic nitrogens is 1. The fraction of sp³-hybridized carbons (Fsp3) is 0.667. The van der Waals surface area contributed by atoms with E-state index < -0.39 is 0 Å². The van der Waals surface area contributed by atoms with Crippen LogP contribution < -0.4 is 10.2 Å². The first-order valence-corrected chi connectivity index (χ1v) is 7.00. The van der Waals surface area contributed by atoms with E-state index >= 15 is 0 Å². The lowest BCUT2D eigenvalue weighted by Crippen LogP contribution is -2.23. The van der Waals surface area contributed by atoms with E-state index in [1.165, 1.54) is 23.4 Å². The fourth-order valence-electron chi connectivity index (χ4n) is 2.50. The molecule has 0 bridgehead atoms. The third kappa shape index (κ3) is 3.22. The number of nitrogens with zero attached hydrogens (tertiary/aromatic N) is 2. The van der Waals surface area contributed by atoms with E-state index in [0.717, 1.165) is 25.6 Å². The third-order valence-corrected chi connectivity index (χ3v) is 3.55. The summed E-state index contributed by atoms with van der Waals surface area (Å²) in [6, 6.07) is 2.78. The largest absolute Gasteiger partial charge is 0.356 e. The van der Waals surface area contributed by atoms with Crippen LogP contribution in [0.1, 0.15) is 38.3 Å². The topological polar surface area (TPSA) is 28.2 Å². The number of aryl methyl sites for hydroxylation is 1. The van der Waals surface area contributed by atoms with Gasteiger partial charge < -0.3 is 10.2 Å².